The van der Waals surface area contributed by atoms with E-state index in [2.05, 4.69) is 10.6 Å². The van der Waals surface area contributed by atoms with Crippen LogP contribution < -0.4 is 15.4 Å². The van der Waals surface area contributed by atoms with Gasteiger partial charge < -0.3 is 15.4 Å². The summed E-state index contributed by atoms with van der Waals surface area (Å²) in [5.41, 5.74) is 2.19. The molecule has 0 fully saturated rings. The molecule has 2 N–H and O–H groups in total. The molecule has 0 saturated heterocycles. The zero-order chi connectivity index (χ0) is 21.6. The maximum absolute atomic E-state index is 12.3. The fraction of sp³-hybridized carbons (Fsp3) is 0.125. The summed E-state index contributed by atoms with van der Waals surface area (Å²) in [5, 5.41) is 7.54. The average molecular weight is 433 g/mol. The Bertz CT molecular complexity index is 1210. The number of benzene rings is 3. The Morgan fingerprint density at radius 1 is 0.935 bits per heavy atom. The molecular weight excluding hydrogens is 412 g/mol. The van der Waals surface area contributed by atoms with Gasteiger partial charge >= 0.3 is 0 Å². The molecule has 0 aliphatic carbocycles. The quantitative estimate of drug-likeness (QED) is 0.410. The highest BCUT2D eigenvalue weighted by atomic mass is 35.5. The van der Waals surface area contributed by atoms with Crippen LogP contribution in [0.5, 0.6) is 5.75 Å². The van der Waals surface area contributed by atoms with Crippen LogP contribution in [0.2, 0.25) is 5.02 Å². The van der Waals surface area contributed by atoms with Crippen molar-refractivity contribution in [3.8, 4) is 17.1 Å². The molecule has 7 heteroatoms. The van der Waals surface area contributed by atoms with Crippen LogP contribution in [0.15, 0.2) is 72.8 Å². The lowest BCUT2D eigenvalue weighted by molar-refractivity contribution is 0.0955. The van der Waals surface area contributed by atoms with Crippen molar-refractivity contribution in [1.82, 2.24) is 15.3 Å². The van der Waals surface area contributed by atoms with Crippen molar-refractivity contribution in [1.29, 1.82) is 0 Å². The fourth-order valence-electron chi connectivity index (χ4n) is 3.18. The number of rotatable bonds is 7. The predicted octanol–water partition coefficient (Wildman–Crippen LogP) is 4.80. The number of aromatic nitrogens is 2. The Labute approximate surface area is 185 Å². The minimum Gasteiger partial charge on any atom is -0.497 e. The van der Waals surface area contributed by atoms with Gasteiger partial charge in [-0.2, -0.15) is 0 Å². The number of fused-ring (bicyclic) bond motifs is 1. The van der Waals surface area contributed by atoms with Gasteiger partial charge in [-0.1, -0.05) is 35.9 Å². The molecular formula is C24H21ClN4O2. The number of para-hydroxylation sites is 1. The number of methoxy groups -OCH3 is 1. The molecule has 1 aromatic heterocycles. The van der Waals surface area contributed by atoms with Crippen LogP contribution in [0.4, 0.5) is 5.82 Å². The summed E-state index contributed by atoms with van der Waals surface area (Å²) in [6.45, 7) is 0.916. The van der Waals surface area contributed by atoms with Crippen LogP contribution in [-0.4, -0.2) is 36.1 Å². The molecule has 0 saturated carbocycles. The van der Waals surface area contributed by atoms with E-state index in [0.29, 0.717) is 35.3 Å². The summed E-state index contributed by atoms with van der Waals surface area (Å²) in [7, 11) is 1.63. The second kappa shape index (κ2) is 9.45. The normalized spacial score (nSPS) is 10.6. The molecule has 1 heterocycles. The van der Waals surface area contributed by atoms with Gasteiger partial charge in [0.05, 0.1) is 23.2 Å². The Balaban J connectivity index is 1.50. The molecule has 1 amide bonds. The van der Waals surface area contributed by atoms with Crippen LogP contribution in [-0.2, 0) is 0 Å². The second-order valence-corrected chi connectivity index (χ2v) is 7.21. The molecule has 0 aliphatic rings. The molecule has 3 aromatic carbocycles. The van der Waals surface area contributed by atoms with E-state index in [1.165, 1.54) is 0 Å². The number of hydrogen-bond acceptors (Lipinski definition) is 5. The standard InChI is InChI=1S/C24H21ClN4O2/c1-31-17-12-10-16(11-13-17)22-28-21-9-5-3-7-19(21)23(29-22)26-14-15-27-24(30)18-6-2-4-8-20(18)25/h2-13H,14-15H2,1H3,(H,27,30)(H,26,28,29). The van der Waals surface area contributed by atoms with Crippen molar-refractivity contribution in [2.45, 2.75) is 0 Å². The van der Waals surface area contributed by atoms with Gasteiger partial charge in [0.25, 0.3) is 5.91 Å². The molecule has 0 unspecified atom stereocenters. The van der Waals surface area contributed by atoms with Gasteiger partial charge in [0, 0.05) is 24.0 Å². The molecule has 6 nitrogen and oxygen atoms in total. The van der Waals surface area contributed by atoms with Crippen molar-refractivity contribution in [3.63, 3.8) is 0 Å². The zero-order valence-electron chi connectivity index (χ0n) is 16.9. The first-order valence-corrected chi connectivity index (χ1v) is 10.2. The van der Waals surface area contributed by atoms with Gasteiger partial charge in [0.2, 0.25) is 0 Å². The fourth-order valence-corrected chi connectivity index (χ4v) is 3.40. The highest BCUT2D eigenvalue weighted by Gasteiger charge is 2.11. The Kier molecular flexibility index (Phi) is 6.29. The van der Waals surface area contributed by atoms with E-state index < -0.39 is 0 Å². The topological polar surface area (TPSA) is 76.1 Å². The van der Waals surface area contributed by atoms with E-state index in [0.717, 1.165) is 22.2 Å². The molecule has 0 radical (unpaired) electrons. The first kappa shape index (κ1) is 20.6. The third kappa shape index (κ3) is 4.75. The Morgan fingerprint density at radius 3 is 2.45 bits per heavy atom. The molecule has 0 spiro atoms. The summed E-state index contributed by atoms with van der Waals surface area (Å²) >= 11 is 6.09. The maximum atomic E-state index is 12.3. The van der Waals surface area contributed by atoms with Crippen molar-refractivity contribution >= 4 is 34.2 Å². The lowest BCUT2D eigenvalue weighted by Gasteiger charge is -2.12. The number of nitrogens with zero attached hydrogens (tertiary/aromatic N) is 2. The number of nitrogens with one attached hydrogen (secondary N) is 2. The molecule has 31 heavy (non-hydrogen) atoms. The Hall–Kier alpha value is -3.64. The van der Waals surface area contributed by atoms with Crippen LogP contribution in [0.25, 0.3) is 22.3 Å². The lowest BCUT2D eigenvalue weighted by atomic mass is 10.1. The monoisotopic (exact) mass is 432 g/mol. The van der Waals surface area contributed by atoms with Gasteiger partial charge in [0.1, 0.15) is 11.6 Å². The predicted molar refractivity (Wildman–Crippen MR) is 124 cm³/mol. The molecule has 4 aromatic rings. The maximum Gasteiger partial charge on any atom is 0.252 e. The zero-order valence-corrected chi connectivity index (χ0v) is 17.7. The largest absolute Gasteiger partial charge is 0.497 e. The first-order chi connectivity index (χ1) is 15.2. The summed E-state index contributed by atoms with van der Waals surface area (Å²) in [6.07, 6.45) is 0. The van der Waals surface area contributed by atoms with Crippen molar-refractivity contribution in [2.75, 3.05) is 25.5 Å². The molecule has 0 atom stereocenters. The summed E-state index contributed by atoms with van der Waals surface area (Å²) in [5.74, 6) is 1.89. The van der Waals surface area contributed by atoms with Gasteiger partial charge in [-0.3, -0.25) is 4.79 Å². The first-order valence-electron chi connectivity index (χ1n) is 9.83. The Morgan fingerprint density at radius 2 is 1.68 bits per heavy atom. The van der Waals surface area contributed by atoms with Gasteiger partial charge in [-0.05, 0) is 48.5 Å². The van der Waals surface area contributed by atoms with Gasteiger partial charge in [-0.15, -0.1) is 0 Å². The number of anilines is 1. The summed E-state index contributed by atoms with van der Waals surface area (Å²) < 4.78 is 5.23. The van der Waals surface area contributed by atoms with Crippen molar-refractivity contribution < 1.29 is 9.53 Å². The average Bonchev–Trinajstić information content (AvgIpc) is 2.81. The van der Waals surface area contributed by atoms with E-state index in [4.69, 9.17) is 26.3 Å². The van der Waals surface area contributed by atoms with E-state index in [1.807, 2.05) is 48.5 Å². The molecule has 4 rings (SSSR count). The van der Waals surface area contributed by atoms with Crippen molar-refractivity contribution in [3.05, 3.63) is 83.4 Å². The van der Waals surface area contributed by atoms with Crippen LogP contribution in [0.1, 0.15) is 10.4 Å². The van der Waals surface area contributed by atoms with Gasteiger partial charge in [-0.25, -0.2) is 9.97 Å². The van der Waals surface area contributed by atoms with Crippen molar-refractivity contribution in [2.24, 2.45) is 0 Å². The highest BCUT2D eigenvalue weighted by molar-refractivity contribution is 6.33. The number of ether oxygens (including phenoxy) is 1. The number of hydrogen-bond donors (Lipinski definition) is 2. The smallest absolute Gasteiger partial charge is 0.252 e. The third-order valence-corrected chi connectivity index (χ3v) is 5.10. The molecule has 156 valence electrons. The van der Waals surface area contributed by atoms with E-state index in [-0.39, 0.29) is 5.91 Å². The van der Waals surface area contributed by atoms with E-state index in [1.54, 1.807) is 31.4 Å². The molecule has 0 bridgehead atoms. The van der Waals surface area contributed by atoms with E-state index in [9.17, 15) is 4.79 Å². The van der Waals surface area contributed by atoms with Crippen LogP contribution in [0, 0.1) is 0 Å². The van der Waals surface area contributed by atoms with Gasteiger partial charge in [0.15, 0.2) is 5.82 Å². The number of amides is 1. The summed E-state index contributed by atoms with van der Waals surface area (Å²) in [4.78, 5) is 21.7. The minimum absolute atomic E-state index is 0.209. The molecule has 0 aliphatic heterocycles. The third-order valence-electron chi connectivity index (χ3n) is 4.77. The number of carbonyl (C=O) groups excluding carboxylic acids is 1. The number of carbonyl (C=O) groups is 1. The second-order valence-electron chi connectivity index (χ2n) is 6.80. The minimum atomic E-state index is -0.209. The SMILES string of the molecule is COc1ccc(-c2nc(NCCNC(=O)c3ccccc3Cl)c3ccccc3n2)cc1. The lowest BCUT2D eigenvalue weighted by Crippen LogP contribution is -2.29. The highest BCUT2D eigenvalue weighted by Crippen LogP contribution is 2.26. The van der Waals surface area contributed by atoms with Crippen LogP contribution in [0.3, 0.4) is 0 Å². The summed E-state index contributed by atoms with van der Waals surface area (Å²) in [6, 6.07) is 22.4. The van der Waals surface area contributed by atoms with E-state index >= 15 is 0 Å². The van der Waals surface area contributed by atoms with Crippen LogP contribution >= 0.6 is 11.6 Å². The number of halogens is 1.